The minimum Gasteiger partial charge on any atom is -0.497 e. The Labute approximate surface area is 189 Å². The maximum absolute atomic E-state index is 12.7. The Bertz CT molecular complexity index is 1060. The molecule has 2 aromatic carbocycles. The van der Waals surface area contributed by atoms with Crippen LogP contribution in [0.25, 0.3) is 5.69 Å². The predicted molar refractivity (Wildman–Crippen MR) is 121 cm³/mol. The zero-order chi connectivity index (χ0) is 22.2. The zero-order valence-corrected chi connectivity index (χ0v) is 18.7. The van der Waals surface area contributed by atoms with Crippen molar-refractivity contribution in [3.05, 3.63) is 59.9 Å². The molecule has 0 aliphatic heterocycles. The summed E-state index contributed by atoms with van der Waals surface area (Å²) >= 11 is 7.31. The first-order valence-corrected chi connectivity index (χ1v) is 10.9. The highest BCUT2D eigenvalue weighted by atomic mass is 35.5. The van der Waals surface area contributed by atoms with E-state index in [0.717, 1.165) is 5.69 Å². The Balaban J connectivity index is 1.58. The molecule has 3 rings (SSSR count). The third kappa shape index (κ3) is 6.22. The third-order valence-corrected chi connectivity index (χ3v) is 5.51. The number of nitrogens with one attached hydrogen (secondary N) is 1. The lowest BCUT2D eigenvalue weighted by Crippen LogP contribution is -2.38. The number of likely N-dealkylation sites (N-methyl/N-ethyl adjacent to an activating group) is 1. The fourth-order valence-electron chi connectivity index (χ4n) is 2.79. The van der Waals surface area contributed by atoms with Gasteiger partial charge in [0.2, 0.25) is 11.8 Å². The normalized spacial score (nSPS) is 10.5. The van der Waals surface area contributed by atoms with Gasteiger partial charge in [0.05, 0.1) is 25.1 Å². The van der Waals surface area contributed by atoms with Crippen LogP contribution in [0.4, 0.5) is 5.69 Å². The molecule has 0 fully saturated rings. The number of benzene rings is 2. The monoisotopic (exact) mass is 459 g/mol. The molecule has 2 amide bonds. The lowest BCUT2D eigenvalue weighted by Gasteiger charge is -2.20. The van der Waals surface area contributed by atoms with Crippen molar-refractivity contribution >= 4 is 40.9 Å². The number of amides is 2. The van der Waals surface area contributed by atoms with Crippen molar-refractivity contribution < 1.29 is 14.3 Å². The summed E-state index contributed by atoms with van der Waals surface area (Å²) in [5, 5.41) is 12.0. The number of nitrogens with zero attached hydrogens (tertiary/aromatic N) is 4. The fourth-order valence-corrected chi connectivity index (χ4v) is 3.81. The molecule has 10 heteroatoms. The second-order valence-corrected chi connectivity index (χ2v) is 7.82. The largest absolute Gasteiger partial charge is 0.497 e. The van der Waals surface area contributed by atoms with Crippen LogP contribution in [0.3, 0.4) is 0 Å². The van der Waals surface area contributed by atoms with Crippen LogP contribution < -0.4 is 10.1 Å². The first kappa shape index (κ1) is 22.6. The number of methoxy groups -OCH3 is 1. The summed E-state index contributed by atoms with van der Waals surface area (Å²) in [6.45, 7) is 2.19. The van der Waals surface area contributed by atoms with E-state index < -0.39 is 0 Å². The molecule has 31 heavy (non-hydrogen) atoms. The minimum absolute atomic E-state index is 0.0475. The van der Waals surface area contributed by atoms with Crippen molar-refractivity contribution in [3.8, 4) is 11.4 Å². The number of aromatic nitrogens is 3. The third-order valence-electron chi connectivity index (χ3n) is 4.35. The average molecular weight is 460 g/mol. The molecule has 3 aromatic rings. The van der Waals surface area contributed by atoms with E-state index in [1.165, 1.54) is 16.7 Å². The highest BCUT2D eigenvalue weighted by molar-refractivity contribution is 7.99. The lowest BCUT2D eigenvalue weighted by atomic mass is 10.3. The van der Waals surface area contributed by atoms with Crippen LogP contribution in [-0.4, -0.2) is 57.4 Å². The highest BCUT2D eigenvalue weighted by Crippen LogP contribution is 2.22. The van der Waals surface area contributed by atoms with Gasteiger partial charge in [0.1, 0.15) is 12.1 Å². The van der Waals surface area contributed by atoms with Gasteiger partial charge >= 0.3 is 0 Å². The second-order valence-electron chi connectivity index (χ2n) is 6.44. The smallest absolute Gasteiger partial charge is 0.243 e. The van der Waals surface area contributed by atoms with E-state index in [-0.39, 0.29) is 24.1 Å². The summed E-state index contributed by atoms with van der Waals surface area (Å²) in [6, 6.07) is 14.3. The van der Waals surface area contributed by atoms with E-state index in [2.05, 4.69) is 15.5 Å². The fraction of sp³-hybridized carbons (Fsp3) is 0.238. The molecular formula is C21H22ClN5O3S. The molecule has 0 radical (unpaired) electrons. The molecule has 1 heterocycles. The number of thioether (sulfide) groups is 1. The van der Waals surface area contributed by atoms with Gasteiger partial charge in [0.15, 0.2) is 5.16 Å². The predicted octanol–water partition coefficient (Wildman–Crippen LogP) is 3.51. The second kappa shape index (κ2) is 10.8. The van der Waals surface area contributed by atoms with Crippen LogP contribution in [0.5, 0.6) is 5.75 Å². The molecule has 0 aliphatic carbocycles. The molecule has 0 atom stereocenters. The minimum atomic E-state index is -0.282. The summed E-state index contributed by atoms with van der Waals surface area (Å²) in [5.74, 6) is 0.311. The number of carbonyl (C=O) groups is 2. The molecule has 0 aliphatic rings. The average Bonchev–Trinajstić information content (AvgIpc) is 3.24. The number of hydrogen-bond donors (Lipinski definition) is 1. The Kier molecular flexibility index (Phi) is 7.91. The number of rotatable bonds is 9. The molecule has 0 unspecified atom stereocenters. The van der Waals surface area contributed by atoms with Crippen LogP contribution in [-0.2, 0) is 9.59 Å². The SMILES string of the molecule is CCN(CC(=O)Nc1cccc(OC)c1)C(=O)CSc1nncn1-c1cccc(Cl)c1. The van der Waals surface area contributed by atoms with Gasteiger partial charge in [-0.15, -0.1) is 10.2 Å². The van der Waals surface area contributed by atoms with Crippen LogP contribution >= 0.6 is 23.4 Å². The van der Waals surface area contributed by atoms with Gasteiger partial charge in [-0.1, -0.05) is 35.5 Å². The summed E-state index contributed by atoms with van der Waals surface area (Å²) < 4.78 is 6.91. The molecule has 0 spiro atoms. The van der Waals surface area contributed by atoms with E-state index in [4.69, 9.17) is 16.3 Å². The van der Waals surface area contributed by atoms with Crippen LogP contribution in [0.2, 0.25) is 5.02 Å². The van der Waals surface area contributed by atoms with Crippen molar-refractivity contribution in [2.75, 3.05) is 31.3 Å². The Hall–Kier alpha value is -3.04. The summed E-state index contributed by atoms with van der Waals surface area (Å²) in [5.41, 5.74) is 1.41. The number of anilines is 1. The lowest BCUT2D eigenvalue weighted by molar-refractivity contribution is -0.132. The summed E-state index contributed by atoms with van der Waals surface area (Å²) in [6.07, 6.45) is 1.57. The molecule has 1 aromatic heterocycles. The van der Waals surface area contributed by atoms with E-state index in [1.807, 2.05) is 19.1 Å². The number of ether oxygens (including phenoxy) is 1. The van der Waals surface area contributed by atoms with Gasteiger partial charge in [-0.3, -0.25) is 14.2 Å². The first-order chi connectivity index (χ1) is 15.0. The van der Waals surface area contributed by atoms with E-state index in [9.17, 15) is 9.59 Å². The quantitative estimate of drug-likeness (QED) is 0.492. The Morgan fingerprint density at radius 1 is 1.23 bits per heavy atom. The van der Waals surface area contributed by atoms with Crippen LogP contribution in [0.15, 0.2) is 60.0 Å². The van der Waals surface area contributed by atoms with Crippen molar-refractivity contribution in [2.45, 2.75) is 12.1 Å². The van der Waals surface area contributed by atoms with Gasteiger partial charge < -0.3 is 15.0 Å². The van der Waals surface area contributed by atoms with Crippen molar-refractivity contribution in [3.63, 3.8) is 0 Å². The zero-order valence-electron chi connectivity index (χ0n) is 17.1. The first-order valence-electron chi connectivity index (χ1n) is 9.50. The van der Waals surface area contributed by atoms with Crippen molar-refractivity contribution in [1.29, 1.82) is 0 Å². The molecule has 162 valence electrons. The van der Waals surface area contributed by atoms with Crippen molar-refractivity contribution in [2.24, 2.45) is 0 Å². The highest BCUT2D eigenvalue weighted by Gasteiger charge is 2.18. The molecular weight excluding hydrogens is 438 g/mol. The Morgan fingerprint density at radius 3 is 2.77 bits per heavy atom. The molecule has 0 saturated heterocycles. The number of hydrogen-bond acceptors (Lipinski definition) is 6. The standard InChI is InChI=1S/C21H22ClN5O3S/c1-3-26(12-19(28)24-16-7-5-9-18(11-16)30-2)20(29)13-31-21-25-23-14-27(21)17-8-4-6-15(22)10-17/h4-11,14H,3,12-13H2,1-2H3,(H,24,28). The van der Waals surface area contributed by atoms with Crippen LogP contribution in [0.1, 0.15) is 6.92 Å². The summed E-state index contributed by atoms with van der Waals surface area (Å²) in [7, 11) is 1.56. The number of halogens is 1. The Morgan fingerprint density at radius 2 is 2.03 bits per heavy atom. The van der Waals surface area contributed by atoms with Gasteiger partial charge in [-0.05, 0) is 37.3 Å². The van der Waals surface area contributed by atoms with Gasteiger partial charge in [-0.25, -0.2) is 0 Å². The molecule has 8 nitrogen and oxygen atoms in total. The molecule has 0 bridgehead atoms. The molecule has 0 saturated carbocycles. The van der Waals surface area contributed by atoms with Gasteiger partial charge in [0.25, 0.3) is 0 Å². The van der Waals surface area contributed by atoms with E-state index in [0.29, 0.717) is 28.2 Å². The number of carbonyl (C=O) groups excluding carboxylic acids is 2. The topological polar surface area (TPSA) is 89.3 Å². The van der Waals surface area contributed by atoms with E-state index >= 15 is 0 Å². The maximum atomic E-state index is 12.7. The summed E-state index contributed by atoms with van der Waals surface area (Å²) in [4.78, 5) is 26.6. The molecule has 1 N–H and O–H groups in total. The van der Waals surface area contributed by atoms with Gasteiger partial charge in [-0.2, -0.15) is 0 Å². The van der Waals surface area contributed by atoms with Gasteiger partial charge in [0, 0.05) is 23.3 Å². The van der Waals surface area contributed by atoms with Crippen molar-refractivity contribution in [1.82, 2.24) is 19.7 Å². The maximum Gasteiger partial charge on any atom is 0.243 e. The van der Waals surface area contributed by atoms with Crippen LogP contribution in [0, 0.1) is 0 Å². The van der Waals surface area contributed by atoms with E-state index in [1.54, 1.807) is 54.4 Å².